The predicted octanol–water partition coefficient (Wildman–Crippen LogP) is 1.42. The summed E-state index contributed by atoms with van der Waals surface area (Å²) in [5, 5.41) is 3.09. The SMILES string of the molecule is COC1CCC(NC(=O)c2cc(N(C)C)nc(-n3ccnc3)n2)CC1. The van der Waals surface area contributed by atoms with E-state index in [0.29, 0.717) is 23.6 Å². The van der Waals surface area contributed by atoms with Crippen molar-refractivity contribution in [3.05, 3.63) is 30.5 Å². The normalized spacial score (nSPS) is 20.3. The van der Waals surface area contributed by atoms with Crippen LogP contribution in [0.3, 0.4) is 0 Å². The second kappa shape index (κ2) is 7.60. The van der Waals surface area contributed by atoms with E-state index in [1.807, 2.05) is 19.0 Å². The Kier molecular flexibility index (Phi) is 5.28. The van der Waals surface area contributed by atoms with Crippen molar-refractivity contribution in [2.24, 2.45) is 0 Å². The van der Waals surface area contributed by atoms with E-state index in [4.69, 9.17) is 4.74 Å². The van der Waals surface area contributed by atoms with Gasteiger partial charge in [0, 0.05) is 45.7 Å². The maximum absolute atomic E-state index is 12.7. The van der Waals surface area contributed by atoms with Gasteiger partial charge in [-0.25, -0.2) is 9.97 Å². The smallest absolute Gasteiger partial charge is 0.270 e. The molecule has 1 amide bonds. The first-order valence-electron chi connectivity index (χ1n) is 8.45. The van der Waals surface area contributed by atoms with Gasteiger partial charge in [-0.15, -0.1) is 0 Å². The van der Waals surface area contributed by atoms with Crippen molar-refractivity contribution in [3.8, 4) is 5.95 Å². The number of ether oxygens (including phenoxy) is 1. The van der Waals surface area contributed by atoms with E-state index >= 15 is 0 Å². The molecule has 0 unspecified atom stereocenters. The average Bonchev–Trinajstić information content (AvgIpc) is 3.16. The Balaban J connectivity index is 1.77. The standard InChI is InChI=1S/C17H24N6O2/c1-22(2)15-10-14(20-17(21-15)23-9-8-18-11-23)16(24)19-12-4-6-13(25-3)7-5-12/h8-13H,4-7H2,1-3H3,(H,19,24). The minimum absolute atomic E-state index is 0.161. The minimum Gasteiger partial charge on any atom is -0.381 e. The second-order valence-corrected chi connectivity index (χ2v) is 6.46. The number of amides is 1. The van der Waals surface area contributed by atoms with Crippen molar-refractivity contribution in [2.75, 3.05) is 26.1 Å². The molecule has 1 aliphatic rings. The number of methoxy groups -OCH3 is 1. The first kappa shape index (κ1) is 17.3. The molecule has 1 aliphatic carbocycles. The van der Waals surface area contributed by atoms with Crippen LogP contribution < -0.4 is 10.2 Å². The molecular weight excluding hydrogens is 320 g/mol. The Labute approximate surface area is 147 Å². The lowest BCUT2D eigenvalue weighted by Gasteiger charge is -2.28. The van der Waals surface area contributed by atoms with Gasteiger partial charge in [0.15, 0.2) is 0 Å². The molecule has 2 heterocycles. The maximum Gasteiger partial charge on any atom is 0.270 e. The second-order valence-electron chi connectivity index (χ2n) is 6.46. The van der Waals surface area contributed by atoms with Crippen LogP contribution in [0.15, 0.2) is 24.8 Å². The topological polar surface area (TPSA) is 85.2 Å². The summed E-state index contributed by atoms with van der Waals surface area (Å²) in [5.74, 6) is 0.927. The molecule has 0 aromatic carbocycles. The molecule has 0 bridgehead atoms. The summed E-state index contributed by atoms with van der Waals surface area (Å²) < 4.78 is 7.07. The van der Waals surface area contributed by atoms with Gasteiger partial charge in [-0.2, -0.15) is 4.98 Å². The van der Waals surface area contributed by atoms with Crippen LogP contribution in [0.5, 0.6) is 0 Å². The number of carbonyl (C=O) groups is 1. The number of hydrogen-bond acceptors (Lipinski definition) is 6. The Morgan fingerprint density at radius 3 is 2.64 bits per heavy atom. The number of imidazole rings is 1. The van der Waals surface area contributed by atoms with Gasteiger partial charge in [-0.1, -0.05) is 0 Å². The average molecular weight is 344 g/mol. The molecule has 2 aromatic rings. The molecule has 25 heavy (non-hydrogen) atoms. The molecule has 1 saturated carbocycles. The summed E-state index contributed by atoms with van der Waals surface area (Å²) in [6.07, 6.45) is 9.10. The molecule has 0 saturated heterocycles. The summed E-state index contributed by atoms with van der Waals surface area (Å²) in [6.45, 7) is 0. The number of nitrogens with one attached hydrogen (secondary N) is 1. The van der Waals surface area contributed by atoms with Gasteiger partial charge in [-0.05, 0) is 25.7 Å². The van der Waals surface area contributed by atoms with Gasteiger partial charge in [0.25, 0.3) is 5.91 Å². The van der Waals surface area contributed by atoms with Gasteiger partial charge in [0.2, 0.25) is 5.95 Å². The van der Waals surface area contributed by atoms with Gasteiger partial charge in [0.05, 0.1) is 6.10 Å². The van der Waals surface area contributed by atoms with Crippen molar-refractivity contribution in [3.63, 3.8) is 0 Å². The summed E-state index contributed by atoms with van der Waals surface area (Å²) in [4.78, 5) is 27.4. The number of nitrogens with zero attached hydrogens (tertiary/aromatic N) is 5. The third kappa shape index (κ3) is 4.14. The predicted molar refractivity (Wildman–Crippen MR) is 94.0 cm³/mol. The Morgan fingerprint density at radius 2 is 2.04 bits per heavy atom. The first-order chi connectivity index (χ1) is 12.1. The zero-order valence-corrected chi connectivity index (χ0v) is 14.8. The van der Waals surface area contributed by atoms with E-state index in [9.17, 15) is 4.79 Å². The maximum atomic E-state index is 12.7. The van der Waals surface area contributed by atoms with Gasteiger partial charge >= 0.3 is 0 Å². The fraction of sp³-hybridized carbons (Fsp3) is 0.529. The Hall–Kier alpha value is -2.48. The third-order valence-electron chi connectivity index (χ3n) is 4.47. The highest BCUT2D eigenvalue weighted by molar-refractivity contribution is 5.93. The highest BCUT2D eigenvalue weighted by atomic mass is 16.5. The molecule has 0 radical (unpaired) electrons. The van der Waals surface area contributed by atoms with Crippen LogP contribution in [0.2, 0.25) is 0 Å². The Morgan fingerprint density at radius 1 is 1.28 bits per heavy atom. The van der Waals surface area contributed by atoms with E-state index in [1.165, 1.54) is 0 Å². The van der Waals surface area contributed by atoms with Gasteiger partial charge in [0.1, 0.15) is 17.8 Å². The molecular formula is C17H24N6O2. The monoisotopic (exact) mass is 344 g/mol. The van der Waals surface area contributed by atoms with Crippen molar-refractivity contribution in [1.29, 1.82) is 0 Å². The van der Waals surface area contributed by atoms with Crippen molar-refractivity contribution in [1.82, 2.24) is 24.8 Å². The van der Waals surface area contributed by atoms with Crippen LogP contribution in [-0.2, 0) is 4.74 Å². The van der Waals surface area contributed by atoms with Crippen molar-refractivity contribution < 1.29 is 9.53 Å². The largest absolute Gasteiger partial charge is 0.381 e. The van der Waals surface area contributed by atoms with Crippen LogP contribution in [0.4, 0.5) is 5.82 Å². The van der Waals surface area contributed by atoms with E-state index < -0.39 is 0 Å². The van der Waals surface area contributed by atoms with Crippen LogP contribution in [0, 0.1) is 0 Å². The fourth-order valence-electron chi connectivity index (χ4n) is 2.96. The summed E-state index contributed by atoms with van der Waals surface area (Å²) >= 11 is 0. The van der Waals surface area contributed by atoms with Gasteiger partial charge < -0.3 is 15.0 Å². The van der Waals surface area contributed by atoms with Crippen molar-refractivity contribution in [2.45, 2.75) is 37.8 Å². The summed E-state index contributed by atoms with van der Waals surface area (Å²) in [5.41, 5.74) is 0.358. The molecule has 3 rings (SSSR count). The number of hydrogen-bond donors (Lipinski definition) is 1. The molecule has 0 atom stereocenters. The lowest BCUT2D eigenvalue weighted by molar-refractivity contribution is 0.0598. The molecule has 0 aliphatic heterocycles. The van der Waals surface area contributed by atoms with E-state index in [1.54, 1.807) is 36.5 Å². The minimum atomic E-state index is -0.173. The lowest BCUT2D eigenvalue weighted by atomic mass is 9.93. The fourth-order valence-corrected chi connectivity index (χ4v) is 2.96. The molecule has 8 nitrogen and oxygen atoms in total. The number of anilines is 1. The third-order valence-corrected chi connectivity index (χ3v) is 4.47. The molecule has 0 spiro atoms. The molecule has 8 heteroatoms. The highest BCUT2D eigenvalue weighted by Gasteiger charge is 2.23. The van der Waals surface area contributed by atoms with Crippen LogP contribution >= 0.6 is 0 Å². The van der Waals surface area contributed by atoms with Crippen LogP contribution in [-0.4, -0.2) is 58.8 Å². The number of carbonyl (C=O) groups excluding carboxylic acids is 1. The molecule has 1 fully saturated rings. The number of rotatable bonds is 5. The zero-order chi connectivity index (χ0) is 17.8. The highest BCUT2D eigenvalue weighted by Crippen LogP contribution is 2.21. The quantitative estimate of drug-likeness (QED) is 0.883. The van der Waals surface area contributed by atoms with Crippen LogP contribution in [0.25, 0.3) is 5.95 Å². The molecule has 2 aromatic heterocycles. The summed E-state index contributed by atoms with van der Waals surface area (Å²) in [6, 6.07) is 1.87. The van der Waals surface area contributed by atoms with E-state index in [-0.39, 0.29) is 11.9 Å². The lowest BCUT2D eigenvalue weighted by Crippen LogP contribution is -2.39. The van der Waals surface area contributed by atoms with E-state index in [2.05, 4.69) is 20.3 Å². The zero-order valence-electron chi connectivity index (χ0n) is 14.8. The molecule has 134 valence electrons. The summed E-state index contributed by atoms with van der Waals surface area (Å²) in [7, 11) is 5.51. The molecule has 1 N–H and O–H groups in total. The Bertz CT molecular complexity index is 708. The number of aromatic nitrogens is 4. The van der Waals surface area contributed by atoms with E-state index in [0.717, 1.165) is 25.7 Å². The van der Waals surface area contributed by atoms with Gasteiger partial charge in [-0.3, -0.25) is 9.36 Å². The van der Waals surface area contributed by atoms with Crippen LogP contribution in [0.1, 0.15) is 36.2 Å². The van der Waals surface area contributed by atoms with Crippen molar-refractivity contribution >= 4 is 11.7 Å². The first-order valence-corrected chi connectivity index (χ1v) is 8.45.